The average molecular weight is 506 g/mol. The number of amides is 1. The zero-order valence-corrected chi connectivity index (χ0v) is 22.4. The van der Waals surface area contributed by atoms with Crippen molar-refractivity contribution in [1.82, 2.24) is 9.97 Å². The predicted molar refractivity (Wildman–Crippen MR) is 149 cm³/mol. The third-order valence-electron chi connectivity index (χ3n) is 6.22. The maximum Gasteiger partial charge on any atom is 0.260 e. The van der Waals surface area contributed by atoms with Crippen LogP contribution in [0.3, 0.4) is 0 Å². The van der Waals surface area contributed by atoms with E-state index in [9.17, 15) is 9.59 Å². The van der Waals surface area contributed by atoms with Gasteiger partial charge in [-0.15, -0.1) is 11.3 Å². The lowest BCUT2D eigenvalue weighted by Crippen LogP contribution is -2.24. The van der Waals surface area contributed by atoms with Gasteiger partial charge in [-0.2, -0.15) is 0 Å². The van der Waals surface area contributed by atoms with Gasteiger partial charge in [-0.25, -0.2) is 4.98 Å². The molecule has 35 heavy (non-hydrogen) atoms. The number of anilines is 1. The van der Waals surface area contributed by atoms with Crippen LogP contribution in [0.25, 0.3) is 21.3 Å². The molecule has 2 N–H and O–H groups in total. The smallest absolute Gasteiger partial charge is 0.260 e. The van der Waals surface area contributed by atoms with E-state index in [1.807, 2.05) is 30.5 Å². The molecule has 5 nitrogen and oxygen atoms in total. The van der Waals surface area contributed by atoms with Gasteiger partial charge in [0, 0.05) is 16.6 Å². The van der Waals surface area contributed by atoms with Gasteiger partial charge >= 0.3 is 0 Å². The highest BCUT2D eigenvalue weighted by molar-refractivity contribution is 8.00. The standard InChI is InChI=1S/C28H31N3O2S2/c1-6-18-9-8-10-19(7-2)24(18)29-25(32)17(5)35-28-30-26(33)23-22(15-34-27(23)31-28)21-13-11-20(12-14-21)16(3)4/h8-17H,6-7H2,1-5H3,(H,29,32)(H,30,31,33). The van der Waals surface area contributed by atoms with Crippen LogP contribution in [0.1, 0.15) is 57.2 Å². The Morgan fingerprint density at radius 3 is 2.31 bits per heavy atom. The molecule has 1 unspecified atom stereocenters. The molecule has 0 saturated carbocycles. The largest absolute Gasteiger partial charge is 0.325 e. The number of thiophene rings is 1. The third kappa shape index (κ3) is 5.36. The minimum Gasteiger partial charge on any atom is -0.325 e. The number of fused-ring (bicyclic) bond motifs is 1. The molecule has 2 aromatic carbocycles. The Balaban J connectivity index is 1.56. The zero-order chi connectivity index (χ0) is 25.1. The topological polar surface area (TPSA) is 74.8 Å². The fourth-order valence-corrected chi connectivity index (χ4v) is 5.90. The van der Waals surface area contributed by atoms with Crippen LogP contribution in [-0.2, 0) is 17.6 Å². The van der Waals surface area contributed by atoms with Crippen molar-refractivity contribution in [3.63, 3.8) is 0 Å². The van der Waals surface area contributed by atoms with Crippen LogP contribution in [0.2, 0.25) is 0 Å². The lowest BCUT2D eigenvalue weighted by atomic mass is 9.99. The first-order valence-electron chi connectivity index (χ1n) is 12.0. The molecule has 1 atom stereocenters. The second kappa shape index (κ2) is 10.8. The van der Waals surface area contributed by atoms with E-state index in [4.69, 9.17) is 0 Å². The van der Waals surface area contributed by atoms with E-state index in [0.717, 1.165) is 40.8 Å². The number of aromatic amines is 1. The molecule has 7 heteroatoms. The molecule has 0 spiro atoms. The predicted octanol–water partition coefficient (Wildman–Crippen LogP) is 7.02. The maximum absolute atomic E-state index is 13.0. The number of thioether (sulfide) groups is 1. The van der Waals surface area contributed by atoms with Crippen LogP contribution < -0.4 is 10.9 Å². The summed E-state index contributed by atoms with van der Waals surface area (Å²) in [5.41, 5.74) is 6.11. The molecule has 0 aliphatic rings. The second-order valence-corrected chi connectivity index (χ2v) is 11.1. The maximum atomic E-state index is 13.0. The number of rotatable bonds is 8. The number of carbonyl (C=O) groups is 1. The molecule has 0 saturated heterocycles. The Morgan fingerprint density at radius 1 is 1.06 bits per heavy atom. The Morgan fingerprint density at radius 2 is 1.71 bits per heavy atom. The number of benzene rings is 2. The molecular weight excluding hydrogens is 474 g/mol. The quantitative estimate of drug-likeness (QED) is 0.199. The van der Waals surface area contributed by atoms with Crippen molar-refractivity contribution in [3.05, 3.63) is 74.9 Å². The molecule has 2 aromatic heterocycles. The zero-order valence-electron chi connectivity index (χ0n) is 20.8. The third-order valence-corrected chi connectivity index (χ3v) is 8.07. The van der Waals surface area contributed by atoms with Gasteiger partial charge in [-0.3, -0.25) is 9.59 Å². The summed E-state index contributed by atoms with van der Waals surface area (Å²) in [6.07, 6.45) is 1.69. The van der Waals surface area contributed by atoms with Gasteiger partial charge in [-0.05, 0) is 47.9 Å². The molecule has 4 aromatic rings. The Kier molecular flexibility index (Phi) is 7.77. The summed E-state index contributed by atoms with van der Waals surface area (Å²) in [4.78, 5) is 34.3. The van der Waals surface area contributed by atoms with Gasteiger partial charge in [0.25, 0.3) is 5.56 Å². The Hall–Kier alpha value is -2.90. The van der Waals surface area contributed by atoms with Crippen molar-refractivity contribution in [2.45, 2.75) is 63.8 Å². The first kappa shape index (κ1) is 25.2. The van der Waals surface area contributed by atoms with Crippen LogP contribution >= 0.6 is 23.1 Å². The van der Waals surface area contributed by atoms with Crippen molar-refractivity contribution in [2.24, 2.45) is 0 Å². The summed E-state index contributed by atoms with van der Waals surface area (Å²) in [5.74, 6) is 0.349. The Labute approximate surface area is 214 Å². The van der Waals surface area contributed by atoms with Gasteiger partial charge in [0.05, 0.1) is 10.6 Å². The lowest BCUT2D eigenvalue weighted by molar-refractivity contribution is -0.115. The number of hydrogen-bond donors (Lipinski definition) is 2. The van der Waals surface area contributed by atoms with E-state index < -0.39 is 5.25 Å². The molecule has 0 bridgehead atoms. The summed E-state index contributed by atoms with van der Waals surface area (Å²) in [6, 6.07) is 14.5. The molecule has 0 aliphatic carbocycles. The number of aromatic nitrogens is 2. The molecule has 0 fully saturated rings. The van der Waals surface area contributed by atoms with E-state index in [0.29, 0.717) is 21.3 Å². The molecule has 0 radical (unpaired) electrons. The highest BCUT2D eigenvalue weighted by Gasteiger charge is 2.20. The van der Waals surface area contributed by atoms with Crippen molar-refractivity contribution in [2.75, 3.05) is 5.32 Å². The fraction of sp³-hybridized carbons (Fsp3) is 0.321. The van der Waals surface area contributed by atoms with Gasteiger partial charge in [0.2, 0.25) is 5.91 Å². The summed E-state index contributed by atoms with van der Waals surface area (Å²) in [7, 11) is 0. The monoisotopic (exact) mass is 505 g/mol. The highest BCUT2D eigenvalue weighted by atomic mass is 32.2. The van der Waals surface area contributed by atoms with E-state index in [1.165, 1.54) is 28.7 Å². The first-order valence-corrected chi connectivity index (χ1v) is 13.8. The van der Waals surface area contributed by atoms with Gasteiger partial charge in [0.1, 0.15) is 4.83 Å². The van der Waals surface area contributed by atoms with Gasteiger partial charge in [-0.1, -0.05) is 81.9 Å². The highest BCUT2D eigenvalue weighted by Crippen LogP contribution is 2.33. The molecule has 182 valence electrons. The van der Waals surface area contributed by atoms with E-state index >= 15 is 0 Å². The Bertz CT molecular complexity index is 1380. The number of aryl methyl sites for hydroxylation is 2. The SMILES string of the molecule is CCc1cccc(CC)c1NC(=O)C(C)Sc1nc2scc(-c3ccc(C(C)C)cc3)c2c(=O)[nH]1. The number of nitrogens with one attached hydrogen (secondary N) is 2. The molecule has 1 amide bonds. The molecule has 0 aliphatic heterocycles. The van der Waals surface area contributed by atoms with Crippen LogP contribution in [0.4, 0.5) is 5.69 Å². The van der Waals surface area contributed by atoms with Crippen molar-refractivity contribution in [3.8, 4) is 11.1 Å². The van der Waals surface area contributed by atoms with Crippen LogP contribution in [-0.4, -0.2) is 21.1 Å². The van der Waals surface area contributed by atoms with Crippen LogP contribution in [0, 0.1) is 0 Å². The normalized spacial score (nSPS) is 12.3. The summed E-state index contributed by atoms with van der Waals surface area (Å²) in [5, 5.41) is 5.72. The van der Waals surface area contributed by atoms with Gasteiger partial charge < -0.3 is 10.3 Å². The second-order valence-electron chi connectivity index (χ2n) is 8.89. The lowest BCUT2D eigenvalue weighted by Gasteiger charge is -2.17. The summed E-state index contributed by atoms with van der Waals surface area (Å²) >= 11 is 2.72. The van der Waals surface area contributed by atoms with Gasteiger partial charge in [0.15, 0.2) is 5.16 Å². The van der Waals surface area contributed by atoms with Crippen molar-refractivity contribution in [1.29, 1.82) is 0 Å². The number of H-pyrrole nitrogens is 1. The fourth-order valence-electron chi connectivity index (χ4n) is 4.09. The van der Waals surface area contributed by atoms with E-state index in [1.54, 1.807) is 0 Å². The van der Waals surface area contributed by atoms with Crippen molar-refractivity contribution >= 4 is 44.9 Å². The first-order chi connectivity index (χ1) is 16.8. The summed E-state index contributed by atoms with van der Waals surface area (Å²) in [6.45, 7) is 10.3. The number of para-hydroxylation sites is 1. The molecule has 2 heterocycles. The van der Waals surface area contributed by atoms with Crippen LogP contribution in [0.15, 0.2) is 57.8 Å². The van der Waals surface area contributed by atoms with E-state index in [2.05, 4.69) is 67.2 Å². The molecule has 4 rings (SSSR count). The van der Waals surface area contributed by atoms with Crippen LogP contribution in [0.5, 0.6) is 0 Å². The van der Waals surface area contributed by atoms with E-state index in [-0.39, 0.29) is 11.5 Å². The average Bonchev–Trinajstić information content (AvgIpc) is 3.28. The van der Waals surface area contributed by atoms with Crippen molar-refractivity contribution < 1.29 is 4.79 Å². The number of nitrogens with zero attached hydrogens (tertiary/aromatic N) is 1. The molecular formula is C28H31N3O2S2. The number of carbonyl (C=O) groups excluding carboxylic acids is 1. The minimum atomic E-state index is -0.423. The minimum absolute atomic E-state index is 0.106. The number of hydrogen-bond acceptors (Lipinski definition) is 5. The summed E-state index contributed by atoms with van der Waals surface area (Å²) < 4.78 is 0.